The number of ether oxygens (including phenoxy) is 1. The molecular formula is C13H16ClNO4S. The van der Waals surface area contributed by atoms with Gasteiger partial charge in [0, 0.05) is 18.1 Å². The number of nitrogens with zero attached hydrogens (tertiary/aromatic N) is 1. The van der Waals surface area contributed by atoms with E-state index in [4.69, 9.17) is 11.6 Å². The van der Waals surface area contributed by atoms with Crippen molar-refractivity contribution in [3.8, 4) is 0 Å². The van der Waals surface area contributed by atoms with Crippen molar-refractivity contribution in [2.45, 2.75) is 18.2 Å². The summed E-state index contributed by atoms with van der Waals surface area (Å²) < 4.78 is 31.1. The molecule has 1 fully saturated rings. The number of esters is 1. The van der Waals surface area contributed by atoms with E-state index in [-0.39, 0.29) is 23.3 Å². The van der Waals surface area contributed by atoms with E-state index in [1.54, 1.807) is 19.1 Å². The van der Waals surface area contributed by atoms with E-state index in [9.17, 15) is 13.2 Å². The van der Waals surface area contributed by atoms with Gasteiger partial charge in [-0.1, -0.05) is 11.6 Å². The van der Waals surface area contributed by atoms with Gasteiger partial charge < -0.3 is 4.74 Å². The molecule has 0 spiro atoms. The van der Waals surface area contributed by atoms with Crippen molar-refractivity contribution in [3.05, 3.63) is 28.8 Å². The van der Waals surface area contributed by atoms with E-state index in [1.165, 1.54) is 17.5 Å². The molecule has 1 aliphatic heterocycles. The zero-order valence-electron chi connectivity index (χ0n) is 11.3. The molecule has 1 heterocycles. The van der Waals surface area contributed by atoms with Crippen LogP contribution in [0.25, 0.3) is 0 Å². The van der Waals surface area contributed by atoms with Gasteiger partial charge in [-0.2, -0.15) is 4.31 Å². The van der Waals surface area contributed by atoms with Crippen LogP contribution in [0, 0.1) is 12.8 Å². The van der Waals surface area contributed by atoms with E-state index in [0.717, 1.165) is 0 Å². The van der Waals surface area contributed by atoms with Gasteiger partial charge in [0.1, 0.15) is 0 Å². The lowest BCUT2D eigenvalue weighted by Crippen LogP contribution is -2.30. The lowest BCUT2D eigenvalue weighted by molar-refractivity contribution is -0.144. The third kappa shape index (κ3) is 2.82. The number of sulfonamides is 1. The molecule has 7 heteroatoms. The molecule has 1 saturated heterocycles. The first-order valence-electron chi connectivity index (χ1n) is 6.20. The maximum absolute atomic E-state index is 12.6. The van der Waals surface area contributed by atoms with Crippen LogP contribution in [0.15, 0.2) is 23.1 Å². The zero-order chi connectivity index (χ0) is 14.9. The molecule has 1 unspecified atom stereocenters. The van der Waals surface area contributed by atoms with Crippen LogP contribution in [0.4, 0.5) is 0 Å². The van der Waals surface area contributed by atoms with Crippen molar-refractivity contribution in [3.63, 3.8) is 0 Å². The molecule has 1 aromatic rings. The van der Waals surface area contributed by atoms with Gasteiger partial charge in [0.15, 0.2) is 0 Å². The molecule has 0 aromatic heterocycles. The summed E-state index contributed by atoms with van der Waals surface area (Å²) in [5.74, 6) is -0.752. The molecule has 1 aromatic carbocycles. The van der Waals surface area contributed by atoms with Crippen LogP contribution in [0.3, 0.4) is 0 Å². The Morgan fingerprint density at radius 3 is 2.75 bits per heavy atom. The minimum Gasteiger partial charge on any atom is -0.469 e. The first kappa shape index (κ1) is 15.3. The van der Waals surface area contributed by atoms with Gasteiger partial charge in [-0.25, -0.2) is 8.42 Å². The normalized spacial score (nSPS) is 20.1. The summed E-state index contributed by atoms with van der Waals surface area (Å²) in [7, 11) is -2.29. The fourth-order valence-corrected chi connectivity index (χ4v) is 4.28. The van der Waals surface area contributed by atoms with Gasteiger partial charge in [0.05, 0.1) is 17.9 Å². The highest BCUT2D eigenvalue weighted by Crippen LogP contribution is 2.28. The summed E-state index contributed by atoms with van der Waals surface area (Å²) in [6.45, 7) is 2.19. The number of carbonyl (C=O) groups is 1. The molecule has 110 valence electrons. The molecule has 1 atom stereocenters. The highest BCUT2D eigenvalue weighted by atomic mass is 35.5. The average molecular weight is 318 g/mol. The maximum atomic E-state index is 12.6. The van der Waals surface area contributed by atoms with Crippen LogP contribution in [0.1, 0.15) is 12.0 Å². The molecular weight excluding hydrogens is 302 g/mol. The summed E-state index contributed by atoms with van der Waals surface area (Å²) in [5, 5.41) is 0.496. The Bertz CT molecular complexity index is 629. The molecule has 5 nitrogen and oxygen atoms in total. The summed E-state index contributed by atoms with van der Waals surface area (Å²) >= 11 is 5.84. The van der Waals surface area contributed by atoms with Crippen LogP contribution < -0.4 is 0 Å². The summed E-state index contributed by atoms with van der Waals surface area (Å²) in [6, 6.07) is 4.66. The van der Waals surface area contributed by atoms with Gasteiger partial charge in [0.25, 0.3) is 0 Å². The largest absolute Gasteiger partial charge is 0.469 e. The first-order valence-corrected chi connectivity index (χ1v) is 8.02. The number of hydrogen-bond acceptors (Lipinski definition) is 4. The zero-order valence-corrected chi connectivity index (χ0v) is 12.9. The lowest BCUT2D eigenvalue weighted by Gasteiger charge is -2.17. The van der Waals surface area contributed by atoms with Gasteiger partial charge in [0.2, 0.25) is 10.0 Å². The van der Waals surface area contributed by atoms with Crippen LogP contribution in [0.2, 0.25) is 5.02 Å². The number of rotatable bonds is 3. The van der Waals surface area contributed by atoms with E-state index in [2.05, 4.69) is 4.74 Å². The monoisotopic (exact) mass is 317 g/mol. The lowest BCUT2D eigenvalue weighted by atomic mass is 10.1. The summed E-state index contributed by atoms with van der Waals surface area (Å²) in [4.78, 5) is 11.7. The summed E-state index contributed by atoms with van der Waals surface area (Å²) in [6.07, 6.45) is 0.485. The van der Waals surface area contributed by atoms with E-state index >= 15 is 0 Å². The third-order valence-electron chi connectivity index (χ3n) is 3.44. The molecule has 0 amide bonds. The standard InChI is InChI=1S/C13H16ClNO4S/c1-9-7-11(14)3-4-12(9)20(17,18)15-6-5-10(8-15)13(16)19-2/h3-4,7,10H,5-6,8H2,1-2H3. The fraction of sp³-hybridized carbons (Fsp3) is 0.462. The van der Waals surface area contributed by atoms with Crippen molar-refractivity contribution in [1.29, 1.82) is 0 Å². The number of aryl methyl sites for hydroxylation is 1. The second-order valence-electron chi connectivity index (χ2n) is 4.78. The smallest absolute Gasteiger partial charge is 0.310 e. The van der Waals surface area contributed by atoms with Crippen LogP contribution >= 0.6 is 11.6 Å². The molecule has 1 aliphatic rings. The van der Waals surface area contributed by atoms with Gasteiger partial charge in [-0.3, -0.25) is 4.79 Å². The number of benzene rings is 1. The SMILES string of the molecule is COC(=O)C1CCN(S(=O)(=O)c2ccc(Cl)cc2C)C1. The topological polar surface area (TPSA) is 63.7 Å². The number of hydrogen-bond donors (Lipinski definition) is 0. The molecule has 20 heavy (non-hydrogen) atoms. The van der Waals surface area contributed by atoms with Crippen LogP contribution in [-0.4, -0.2) is 38.9 Å². The third-order valence-corrected chi connectivity index (χ3v) is 5.70. The van der Waals surface area contributed by atoms with Gasteiger partial charge in [-0.15, -0.1) is 0 Å². The van der Waals surface area contributed by atoms with E-state index < -0.39 is 10.0 Å². The Hall–Kier alpha value is -1.11. The molecule has 0 radical (unpaired) electrons. The second-order valence-corrected chi connectivity index (χ2v) is 7.12. The Labute approximate surface area is 123 Å². The Morgan fingerprint density at radius 2 is 2.15 bits per heavy atom. The molecule has 0 aliphatic carbocycles. The number of carbonyl (C=O) groups excluding carboxylic acids is 1. The predicted octanol–water partition coefficient (Wildman–Crippen LogP) is 1.83. The van der Waals surface area contributed by atoms with Crippen molar-refractivity contribution >= 4 is 27.6 Å². The van der Waals surface area contributed by atoms with Crippen LogP contribution in [-0.2, 0) is 19.6 Å². The Kier molecular flexibility index (Phi) is 4.36. The molecule has 2 rings (SSSR count). The Morgan fingerprint density at radius 1 is 1.45 bits per heavy atom. The van der Waals surface area contributed by atoms with Gasteiger partial charge in [-0.05, 0) is 37.1 Å². The van der Waals surface area contributed by atoms with Crippen molar-refractivity contribution in [1.82, 2.24) is 4.31 Å². The molecule has 0 saturated carbocycles. The highest BCUT2D eigenvalue weighted by Gasteiger charge is 2.36. The molecule has 0 N–H and O–H groups in total. The Balaban J connectivity index is 2.26. The first-order chi connectivity index (χ1) is 9.36. The average Bonchev–Trinajstić information content (AvgIpc) is 2.87. The molecule has 0 bridgehead atoms. The quantitative estimate of drug-likeness (QED) is 0.798. The highest BCUT2D eigenvalue weighted by molar-refractivity contribution is 7.89. The number of methoxy groups -OCH3 is 1. The fourth-order valence-electron chi connectivity index (χ4n) is 2.35. The predicted molar refractivity (Wildman–Crippen MR) is 75.1 cm³/mol. The van der Waals surface area contributed by atoms with Crippen molar-refractivity contribution in [2.24, 2.45) is 5.92 Å². The number of halogens is 1. The van der Waals surface area contributed by atoms with Crippen molar-refractivity contribution in [2.75, 3.05) is 20.2 Å². The van der Waals surface area contributed by atoms with Crippen LogP contribution in [0.5, 0.6) is 0 Å². The van der Waals surface area contributed by atoms with E-state index in [1.807, 2.05) is 0 Å². The second kappa shape index (κ2) is 5.71. The van der Waals surface area contributed by atoms with E-state index in [0.29, 0.717) is 23.6 Å². The summed E-state index contributed by atoms with van der Waals surface area (Å²) in [5.41, 5.74) is 0.596. The minimum atomic E-state index is -3.59. The van der Waals surface area contributed by atoms with Gasteiger partial charge >= 0.3 is 5.97 Å². The van der Waals surface area contributed by atoms with Crippen molar-refractivity contribution < 1.29 is 17.9 Å². The maximum Gasteiger partial charge on any atom is 0.310 e. The minimum absolute atomic E-state index is 0.164.